The lowest BCUT2D eigenvalue weighted by molar-refractivity contribution is -0.147. The molecule has 1 aliphatic rings. The molecule has 1 fully saturated rings. The van der Waals surface area contributed by atoms with Crippen molar-refractivity contribution >= 4 is 11.9 Å². The molecule has 0 spiro atoms. The maximum atomic E-state index is 12.1. The van der Waals surface area contributed by atoms with Crippen LogP contribution in [0.15, 0.2) is 18.2 Å². The van der Waals surface area contributed by atoms with Crippen LogP contribution in [0.4, 0.5) is 0 Å². The third-order valence-electron chi connectivity index (χ3n) is 4.62. The largest absolute Gasteiger partial charge is 0.494 e. The number of hydrogen-bond donors (Lipinski definition) is 1. The van der Waals surface area contributed by atoms with Crippen molar-refractivity contribution in [2.75, 3.05) is 19.7 Å². The van der Waals surface area contributed by atoms with Crippen LogP contribution in [0.25, 0.3) is 0 Å². The van der Waals surface area contributed by atoms with Gasteiger partial charge in [0, 0.05) is 19.5 Å². The van der Waals surface area contributed by atoms with E-state index in [1.807, 2.05) is 25.1 Å². The minimum atomic E-state index is -0.828. The van der Waals surface area contributed by atoms with Gasteiger partial charge in [-0.05, 0) is 56.9 Å². The number of carbonyl (C=O) groups excluding carboxylic acids is 1. The van der Waals surface area contributed by atoms with Gasteiger partial charge in [-0.15, -0.1) is 0 Å². The molecule has 1 unspecified atom stereocenters. The molecule has 1 atom stereocenters. The van der Waals surface area contributed by atoms with Crippen LogP contribution >= 0.6 is 0 Å². The highest BCUT2D eigenvalue weighted by Crippen LogP contribution is 2.30. The molecule has 0 aromatic heterocycles. The topological polar surface area (TPSA) is 66.8 Å². The number of benzene rings is 1. The third kappa shape index (κ3) is 4.24. The quantitative estimate of drug-likeness (QED) is 0.819. The lowest BCUT2D eigenvalue weighted by Gasteiger charge is -2.20. The molecule has 23 heavy (non-hydrogen) atoms. The normalized spacial score (nSPS) is 20.6. The fourth-order valence-electron chi connectivity index (χ4n) is 2.72. The molecule has 5 heteroatoms. The summed E-state index contributed by atoms with van der Waals surface area (Å²) in [5, 5.41) is 9.20. The van der Waals surface area contributed by atoms with Crippen LogP contribution in [-0.2, 0) is 9.59 Å². The van der Waals surface area contributed by atoms with E-state index in [2.05, 4.69) is 6.92 Å². The van der Waals surface area contributed by atoms with E-state index in [9.17, 15) is 14.7 Å². The molecule has 5 nitrogen and oxygen atoms in total. The van der Waals surface area contributed by atoms with Gasteiger partial charge in [-0.3, -0.25) is 9.59 Å². The van der Waals surface area contributed by atoms with Crippen LogP contribution in [0.3, 0.4) is 0 Å². The Labute approximate surface area is 137 Å². The van der Waals surface area contributed by atoms with Crippen molar-refractivity contribution < 1.29 is 19.4 Å². The summed E-state index contributed by atoms with van der Waals surface area (Å²) < 4.78 is 5.67. The maximum Gasteiger partial charge on any atom is 0.311 e. The standard InChI is InChI=1S/C18H25NO4/c1-13-6-7-15(11-14(13)2)23-10-4-5-16(20)19-9-8-18(3,12-19)17(21)22/h6-7,11H,4-5,8-10,12H2,1-3H3,(H,21,22). The number of carboxylic acid groups (broad SMARTS) is 1. The number of carbonyl (C=O) groups is 2. The first-order chi connectivity index (χ1) is 10.8. The molecule has 0 aliphatic carbocycles. The lowest BCUT2D eigenvalue weighted by Crippen LogP contribution is -2.34. The number of nitrogens with zero attached hydrogens (tertiary/aromatic N) is 1. The Balaban J connectivity index is 1.73. The van der Waals surface area contributed by atoms with Crippen LogP contribution in [0.1, 0.15) is 37.3 Å². The summed E-state index contributed by atoms with van der Waals surface area (Å²) in [6, 6.07) is 5.95. The highest BCUT2D eigenvalue weighted by atomic mass is 16.5. The van der Waals surface area contributed by atoms with Crippen LogP contribution in [0.5, 0.6) is 5.75 Å². The molecule has 2 rings (SSSR count). The highest BCUT2D eigenvalue weighted by molar-refractivity contribution is 5.80. The maximum absolute atomic E-state index is 12.1. The van der Waals surface area contributed by atoms with Gasteiger partial charge >= 0.3 is 5.97 Å². The summed E-state index contributed by atoms with van der Waals surface area (Å²) in [6.45, 7) is 7.11. The Morgan fingerprint density at radius 3 is 2.65 bits per heavy atom. The third-order valence-corrected chi connectivity index (χ3v) is 4.62. The zero-order valence-electron chi connectivity index (χ0n) is 14.1. The Kier molecular flexibility index (Phi) is 5.29. The summed E-state index contributed by atoms with van der Waals surface area (Å²) in [7, 11) is 0. The first-order valence-electron chi connectivity index (χ1n) is 8.03. The number of amides is 1. The molecule has 1 aliphatic heterocycles. The van der Waals surface area contributed by atoms with Crippen molar-refractivity contribution in [2.45, 2.75) is 40.0 Å². The molecule has 1 saturated heterocycles. The van der Waals surface area contributed by atoms with Gasteiger partial charge in [0.15, 0.2) is 0 Å². The molecule has 126 valence electrons. The Bertz CT molecular complexity index is 599. The SMILES string of the molecule is Cc1ccc(OCCCC(=O)N2CCC(C)(C(=O)O)C2)cc1C. The van der Waals surface area contributed by atoms with E-state index in [1.165, 1.54) is 11.1 Å². The van der Waals surface area contributed by atoms with Gasteiger partial charge < -0.3 is 14.7 Å². The van der Waals surface area contributed by atoms with E-state index in [4.69, 9.17) is 4.74 Å². The van der Waals surface area contributed by atoms with Gasteiger partial charge in [0.05, 0.1) is 12.0 Å². The zero-order valence-corrected chi connectivity index (χ0v) is 14.1. The molecule has 1 aromatic rings. The monoisotopic (exact) mass is 319 g/mol. The van der Waals surface area contributed by atoms with Crippen LogP contribution in [0.2, 0.25) is 0 Å². The number of carboxylic acids is 1. The van der Waals surface area contributed by atoms with Gasteiger partial charge in [-0.25, -0.2) is 0 Å². The van der Waals surface area contributed by atoms with E-state index in [1.54, 1.807) is 11.8 Å². The Hall–Kier alpha value is -2.04. The average Bonchev–Trinajstić information content (AvgIpc) is 2.91. The summed E-state index contributed by atoms with van der Waals surface area (Å²) in [5.41, 5.74) is 1.61. The second kappa shape index (κ2) is 7.02. The smallest absolute Gasteiger partial charge is 0.311 e. The first-order valence-corrected chi connectivity index (χ1v) is 8.03. The second-order valence-corrected chi connectivity index (χ2v) is 6.63. The molecule has 0 radical (unpaired) electrons. The molecule has 0 saturated carbocycles. The molecule has 1 N–H and O–H groups in total. The summed E-state index contributed by atoms with van der Waals surface area (Å²) >= 11 is 0. The van der Waals surface area contributed by atoms with Gasteiger partial charge in [0.25, 0.3) is 0 Å². The number of ether oxygens (including phenoxy) is 1. The second-order valence-electron chi connectivity index (χ2n) is 6.63. The summed E-state index contributed by atoms with van der Waals surface area (Å²) in [5.74, 6) is 0.00436. The number of likely N-dealkylation sites (tertiary alicyclic amines) is 1. The van der Waals surface area contributed by atoms with E-state index in [-0.39, 0.29) is 5.91 Å². The van der Waals surface area contributed by atoms with E-state index >= 15 is 0 Å². The van der Waals surface area contributed by atoms with E-state index < -0.39 is 11.4 Å². The van der Waals surface area contributed by atoms with Crippen LogP contribution in [-0.4, -0.2) is 41.6 Å². The highest BCUT2D eigenvalue weighted by Gasteiger charge is 2.41. The van der Waals surface area contributed by atoms with Gasteiger partial charge in [-0.1, -0.05) is 6.07 Å². The molecular weight excluding hydrogens is 294 g/mol. The Morgan fingerprint density at radius 2 is 2.04 bits per heavy atom. The zero-order chi connectivity index (χ0) is 17.0. The van der Waals surface area contributed by atoms with Gasteiger partial charge in [0.1, 0.15) is 5.75 Å². The van der Waals surface area contributed by atoms with Crippen molar-refractivity contribution in [1.82, 2.24) is 4.90 Å². The summed E-state index contributed by atoms with van der Waals surface area (Å²) in [4.78, 5) is 25.0. The molecule has 1 aromatic carbocycles. The number of aryl methyl sites for hydroxylation is 2. The first kappa shape index (κ1) is 17.3. The molecule has 0 bridgehead atoms. The molecular formula is C18H25NO4. The van der Waals surface area contributed by atoms with E-state index in [0.717, 1.165) is 5.75 Å². The van der Waals surface area contributed by atoms with Crippen molar-refractivity contribution in [2.24, 2.45) is 5.41 Å². The molecule has 1 amide bonds. The fraction of sp³-hybridized carbons (Fsp3) is 0.556. The minimum absolute atomic E-state index is 0.0126. The Morgan fingerprint density at radius 1 is 1.30 bits per heavy atom. The van der Waals surface area contributed by atoms with E-state index in [0.29, 0.717) is 39.0 Å². The fourth-order valence-corrected chi connectivity index (χ4v) is 2.72. The number of rotatable bonds is 6. The van der Waals surface area contributed by atoms with Crippen molar-refractivity contribution in [1.29, 1.82) is 0 Å². The van der Waals surface area contributed by atoms with Crippen LogP contribution < -0.4 is 4.74 Å². The van der Waals surface area contributed by atoms with Gasteiger partial charge in [0.2, 0.25) is 5.91 Å². The number of aliphatic carboxylic acids is 1. The number of hydrogen-bond acceptors (Lipinski definition) is 3. The van der Waals surface area contributed by atoms with Crippen molar-refractivity contribution in [3.63, 3.8) is 0 Å². The van der Waals surface area contributed by atoms with Crippen LogP contribution in [0, 0.1) is 19.3 Å². The molecule has 1 heterocycles. The predicted molar refractivity (Wildman–Crippen MR) is 87.6 cm³/mol. The lowest BCUT2D eigenvalue weighted by atomic mass is 9.90. The predicted octanol–water partition coefficient (Wildman–Crippen LogP) is 2.79. The minimum Gasteiger partial charge on any atom is -0.494 e. The average molecular weight is 319 g/mol. The van der Waals surface area contributed by atoms with Crippen molar-refractivity contribution in [3.05, 3.63) is 29.3 Å². The summed E-state index contributed by atoms with van der Waals surface area (Å²) in [6.07, 6.45) is 1.54. The van der Waals surface area contributed by atoms with Gasteiger partial charge in [-0.2, -0.15) is 0 Å². The van der Waals surface area contributed by atoms with Crippen molar-refractivity contribution in [3.8, 4) is 5.75 Å².